The van der Waals surface area contributed by atoms with Gasteiger partial charge in [0.05, 0.1) is 0 Å². The van der Waals surface area contributed by atoms with Gasteiger partial charge in [-0.2, -0.15) is 0 Å². The van der Waals surface area contributed by atoms with Gasteiger partial charge in [0.25, 0.3) is 5.92 Å². The molecule has 0 heterocycles. The van der Waals surface area contributed by atoms with Gasteiger partial charge in [0.2, 0.25) is 0 Å². The highest BCUT2D eigenvalue weighted by Gasteiger charge is 2.57. The van der Waals surface area contributed by atoms with E-state index in [0.717, 1.165) is 29.3 Å². The summed E-state index contributed by atoms with van der Waals surface area (Å²) < 4.78 is 39.3. The lowest BCUT2D eigenvalue weighted by Crippen LogP contribution is -2.33. The first-order valence-electron chi connectivity index (χ1n) is 6.33. The lowest BCUT2D eigenvalue weighted by molar-refractivity contribution is -0.0288. The summed E-state index contributed by atoms with van der Waals surface area (Å²) >= 11 is 3.44. The van der Waals surface area contributed by atoms with E-state index in [1.165, 1.54) is 13.2 Å². The first kappa shape index (κ1) is 13.3. The van der Waals surface area contributed by atoms with Crippen LogP contribution in [-0.4, -0.2) is 13.9 Å². The largest absolute Gasteiger partial charge is 0.468 e. The molecule has 0 N–H and O–H groups in total. The van der Waals surface area contributed by atoms with Gasteiger partial charge in [-0.25, -0.2) is 8.78 Å². The van der Waals surface area contributed by atoms with Gasteiger partial charge in [-0.3, -0.25) is 0 Å². The smallest absolute Gasteiger partial charge is 0.274 e. The van der Waals surface area contributed by atoms with E-state index in [-0.39, 0.29) is 24.2 Å². The number of benzene rings is 1. The van der Waals surface area contributed by atoms with E-state index in [4.69, 9.17) is 9.47 Å². The SMILES string of the molecule is COCOc1cc(Br)c2c(c1)C(F)(F)CC21CCC1. The Bertz CT molecular complexity index is 512. The number of rotatable bonds is 3. The van der Waals surface area contributed by atoms with E-state index in [1.54, 1.807) is 6.07 Å². The normalized spacial score (nSPS) is 22.1. The maximum Gasteiger partial charge on any atom is 0.274 e. The molecule has 1 spiro atoms. The Morgan fingerprint density at radius 3 is 2.63 bits per heavy atom. The minimum atomic E-state index is -2.76. The van der Waals surface area contributed by atoms with Crippen LogP contribution in [0, 0.1) is 0 Å². The monoisotopic (exact) mass is 332 g/mol. The van der Waals surface area contributed by atoms with E-state index in [1.807, 2.05) is 0 Å². The van der Waals surface area contributed by atoms with Gasteiger partial charge in [-0.1, -0.05) is 22.4 Å². The van der Waals surface area contributed by atoms with Crippen molar-refractivity contribution in [1.29, 1.82) is 0 Å². The Balaban J connectivity index is 2.06. The summed E-state index contributed by atoms with van der Waals surface area (Å²) in [7, 11) is 1.50. The third-order valence-corrected chi connectivity index (χ3v) is 4.83. The quantitative estimate of drug-likeness (QED) is 0.766. The summed E-state index contributed by atoms with van der Waals surface area (Å²) in [6, 6.07) is 3.23. The van der Waals surface area contributed by atoms with Gasteiger partial charge in [0.1, 0.15) is 5.75 Å². The van der Waals surface area contributed by atoms with Gasteiger partial charge >= 0.3 is 0 Å². The van der Waals surface area contributed by atoms with Crippen molar-refractivity contribution in [2.45, 2.75) is 37.0 Å². The van der Waals surface area contributed by atoms with Crippen LogP contribution in [0.3, 0.4) is 0 Å². The van der Waals surface area contributed by atoms with Crippen molar-refractivity contribution in [3.8, 4) is 5.75 Å². The summed E-state index contributed by atoms with van der Waals surface area (Å²) in [5.74, 6) is -2.34. The van der Waals surface area contributed by atoms with Crippen LogP contribution in [0.15, 0.2) is 16.6 Å². The maximum absolute atomic E-state index is 14.2. The van der Waals surface area contributed by atoms with Crippen molar-refractivity contribution >= 4 is 15.9 Å². The third kappa shape index (κ3) is 1.98. The van der Waals surface area contributed by atoms with E-state index >= 15 is 0 Å². The second kappa shape index (κ2) is 4.42. The predicted molar refractivity (Wildman–Crippen MR) is 70.7 cm³/mol. The number of fused-ring (bicyclic) bond motifs is 2. The van der Waals surface area contributed by atoms with Crippen molar-refractivity contribution in [2.24, 2.45) is 0 Å². The molecule has 3 rings (SSSR count). The fourth-order valence-electron chi connectivity index (χ4n) is 3.26. The summed E-state index contributed by atoms with van der Waals surface area (Å²) in [5.41, 5.74) is 0.582. The average molecular weight is 333 g/mol. The predicted octanol–water partition coefficient (Wildman–Crippen LogP) is 4.35. The lowest BCUT2D eigenvalue weighted by Gasteiger charge is -2.39. The topological polar surface area (TPSA) is 18.5 Å². The molecule has 19 heavy (non-hydrogen) atoms. The highest BCUT2D eigenvalue weighted by molar-refractivity contribution is 9.10. The third-order valence-electron chi connectivity index (χ3n) is 4.20. The second-order valence-corrected chi connectivity index (χ2v) is 6.25. The standard InChI is InChI=1S/C14H15BrF2O2/c1-18-8-19-9-5-10-12(11(15)6-9)13(3-2-4-13)7-14(10,16)17/h5-6H,2-4,7-8H2,1H3. The molecule has 1 aromatic rings. The van der Waals surface area contributed by atoms with Crippen LogP contribution in [0.25, 0.3) is 0 Å². The first-order valence-corrected chi connectivity index (χ1v) is 7.12. The fraction of sp³-hybridized carbons (Fsp3) is 0.571. The number of alkyl halides is 2. The van der Waals surface area contributed by atoms with Gasteiger partial charge in [-0.05, 0) is 30.5 Å². The molecular formula is C14H15BrF2O2. The Labute approximate surface area is 119 Å². The molecule has 5 heteroatoms. The van der Waals surface area contributed by atoms with Crippen LogP contribution in [0.4, 0.5) is 8.78 Å². The molecule has 1 saturated carbocycles. The Kier molecular flexibility index (Phi) is 3.09. The van der Waals surface area contributed by atoms with Crippen LogP contribution in [0.5, 0.6) is 5.75 Å². The zero-order chi connectivity index (χ0) is 13.7. The lowest BCUT2D eigenvalue weighted by atomic mass is 9.65. The zero-order valence-electron chi connectivity index (χ0n) is 10.6. The number of methoxy groups -OCH3 is 1. The summed E-state index contributed by atoms with van der Waals surface area (Å²) in [6.07, 6.45) is 2.67. The van der Waals surface area contributed by atoms with E-state index in [2.05, 4.69) is 15.9 Å². The number of hydrogen-bond donors (Lipinski definition) is 0. The first-order chi connectivity index (χ1) is 8.98. The molecule has 0 atom stereocenters. The fourth-order valence-corrected chi connectivity index (χ4v) is 4.12. The molecular weight excluding hydrogens is 318 g/mol. The highest BCUT2D eigenvalue weighted by atomic mass is 79.9. The molecule has 0 aliphatic heterocycles. The number of hydrogen-bond acceptors (Lipinski definition) is 2. The number of halogens is 3. The Morgan fingerprint density at radius 1 is 1.32 bits per heavy atom. The van der Waals surface area contributed by atoms with Gasteiger partial charge < -0.3 is 9.47 Å². The molecule has 0 radical (unpaired) electrons. The molecule has 1 fully saturated rings. The molecule has 0 unspecified atom stereocenters. The summed E-state index contributed by atoms with van der Waals surface area (Å²) in [6.45, 7) is 0.0575. The molecule has 2 aliphatic rings. The van der Waals surface area contributed by atoms with Crippen molar-refractivity contribution in [1.82, 2.24) is 0 Å². The van der Waals surface area contributed by atoms with Crippen LogP contribution < -0.4 is 4.74 Å². The number of ether oxygens (including phenoxy) is 2. The van der Waals surface area contributed by atoms with Crippen LogP contribution in [-0.2, 0) is 16.1 Å². The van der Waals surface area contributed by atoms with E-state index < -0.39 is 5.92 Å². The summed E-state index contributed by atoms with van der Waals surface area (Å²) in [5, 5.41) is 0. The molecule has 2 nitrogen and oxygen atoms in total. The van der Waals surface area contributed by atoms with Crippen LogP contribution in [0.2, 0.25) is 0 Å². The van der Waals surface area contributed by atoms with Crippen molar-refractivity contribution in [3.63, 3.8) is 0 Å². The van der Waals surface area contributed by atoms with Crippen molar-refractivity contribution < 1.29 is 18.3 Å². The van der Waals surface area contributed by atoms with Crippen LogP contribution >= 0.6 is 15.9 Å². The van der Waals surface area contributed by atoms with E-state index in [0.29, 0.717) is 5.75 Å². The summed E-state index contributed by atoms with van der Waals surface area (Å²) in [4.78, 5) is 0. The molecule has 2 aliphatic carbocycles. The molecule has 1 aromatic carbocycles. The minimum absolute atomic E-state index is 0.0575. The van der Waals surface area contributed by atoms with Crippen molar-refractivity contribution in [3.05, 3.63) is 27.7 Å². The average Bonchev–Trinajstić information content (AvgIpc) is 2.56. The minimum Gasteiger partial charge on any atom is -0.468 e. The second-order valence-electron chi connectivity index (χ2n) is 5.39. The van der Waals surface area contributed by atoms with Crippen molar-refractivity contribution in [2.75, 3.05) is 13.9 Å². The van der Waals surface area contributed by atoms with E-state index in [9.17, 15) is 8.78 Å². The zero-order valence-corrected chi connectivity index (χ0v) is 12.2. The Hall–Kier alpha value is -0.680. The van der Waals surface area contributed by atoms with Gasteiger partial charge in [0, 0.05) is 29.0 Å². The van der Waals surface area contributed by atoms with Gasteiger partial charge in [0.15, 0.2) is 6.79 Å². The molecule has 104 valence electrons. The molecule has 0 aromatic heterocycles. The molecule has 0 saturated heterocycles. The van der Waals surface area contributed by atoms with Gasteiger partial charge in [-0.15, -0.1) is 0 Å². The Morgan fingerprint density at radius 2 is 2.05 bits per heavy atom. The highest BCUT2D eigenvalue weighted by Crippen LogP contribution is 2.62. The molecule has 0 bridgehead atoms. The maximum atomic E-state index is 14.2. The van der Waals surface area contributed by atoms with Crippen LogP contribution in [0.1, 0.15) is 36.8 Å². The molecule has 0 amide bonds.